The quantitative estimate of drug-likeness (QED) is 0.725. The minimum absolute atomic E-state index is 0.140. The molecule has 0 radical (unpaired) electrons. The lowest BCUT2D eigenvalue weighted by Gasteiger charge is -2.29. The first-order valence-electron chi connectivity index (χ1n) is 7.39. The van der Waals surface area contributed by atoms with Gasteiger partial charge in [0, 0.05) is 12.6 Å². The van der Waals surface area contributed by atoms with E-state index >= 15 is 0 Å². The molecule has 2 saturated carbocycles. The van der Waals surface area contributed by atoms with Gasteiger partial charge in [0.05, 0.1) is 18.8 Å². The maximum atomic E-state index is 9.81. The van der Waals surface area contributed by atoms with Crippen LogP contribution >= 0.6 is 0 Å². The molecule has 3 heteroatoms. The van der Waals surface area contributed by atoms with Crippen LogP contribution in [0.2, 0.25) is 0 Å². The first-order chi connectivity index (χ1) is 8.36. The van der Waals surface area contributed by atoms with Crippen molar-refractivity contribution in [3.05, 3.63) is 0 Å². The van der Waals surface area contributed by atoms with Crippen LogP contribution in [0.3, 0.4) is 0 Å². The third kappa shape index (κ3) is 4.57. The lowest BCUT2D eigenvalue weighted by atomic mass is 9.93. The van der Waals surface area contributed by atoms with Crippen LogP contribution in [-0.2, 0) is 4.74 Å². The number of hydrogen-bond acceptors (Lipinski definition) is 3. The van der Waals surface area contributed by atoms with E-state index in [1.54, 1.807) is 0 Å². The van der Waals surface area contributed by atoms with E-state index < -0.39 is 0 Å². The summed E-state index contributed by atoms with van der Waals surface area (Å²) in [6.07, 6.45) is 11.4. The highest BCUT2D eigenvalue weighted by Crippen LogP contribution is 2.20. The Morgan fingerprint density at radius 2 is 1.65 bits per heavy atom. The average molecular weight is 241 g/mol. The van der Waals surface area contributed by atoms with Crippen molar-refractivity contribution in [1.29, 1.82) is 0 Å². The van der Waals surface area contributed by atoms with Crippen molar-refractivity contribution in [2.75, 3.05) is 13.2 Å². The number of hydrogen-bond donors (Lipinski definition) is 2. The van der Waals surface area contributed by atoms with Gasteiger partial charge in [-0.25, -0.2) is 0 Å². The fraction of sp³-hybridized carbons (Fsp3) is 1.00. The molecular formula is C14H27NO2. The molecule has 2 fully saturated rings. The Morgan fingerprint density at radius 3 is 2.41 bits per heavy atom. The first kappa shape index (κ1) is 13.3. The molecule has 0 aromatic heterocycles. The SMILES string of the molecule is O[C@H]1CCCC[C@@H]1NCCOC1CCCCC1. The van der Waals surface area contributed by atoms with Crippen LogP contribution in [0.25, 0.3) is 0 Å². The summed E-state index contributed by atoms with van der Waals surface area (Å²) in [4.78, 5) is 0. The van der Waals surface area contributed by atoms with Gasteiger partial charge in [-0.2, -0.15) is 0 Å². The van der Waals surface area contributed by atoms with Crippen molar-refractivity contribution < 1.29 is 9.84 Å². The molecular weight excluding hydrogens is 214 g/mol. The summed E-state index contributed by atoms with van der Waals surface area (Å²) in [5, 5.41) is 13.2. The summed E-state index contributed by atoms with van der Waals surface area (Å²) < 4.78 is 5.87. The van der Waals surface area contributed by atoms with Gasteiger partial charge in [0.15, 0.2) is 0 Å². The summed E-state index contributed by atoms with van der Waals surface area (Å²) in [6.45, 7) is 1.69. The van der Waals surface area contributed by atoms with Gasteiger partial charge in [-0.15, -0.1) is 0 Å². The summed E-state index contributed by atoms with van der Waals surface area (Å²) in [5.74, 6) is 0. The lowest BCUT2D eigenvalue weighted by molar-refractivity contribution is 0.0241. The molecule has 17 heavy (non-hydrogen) atoms. The molecule has 2 N–H and O–H groups in total. The summed E-state index contributed by atoms with van der Waals surface area (Å²) in [6, 6.07) is 0.304. The highest BCUT2D eigenvalue weighted by atomic mass is 16.5. The lowest BCUT2D eigenvalue weighted by Crippen LogP contribution is -2.43. The zero-order valence-corrected chi connectivity index (χ0v) is 10.9. The summed E-state index contributed by atoms with van der Waals surface area (Å²) in [5.41, 5.74) is 0. The molecule has 0 spiro atoms. The molecule has 2 atom stereocenters. The number of rotatable bonds is 5. The fourth-order valence-corrected chi connectivity index (χ4v) is 3.05. The molecule has 2 aliphatic carbocycles. The first-order valence-corrected chi connectivity index (χ1v) is 7.39. The van der Waals surface area contributed by atoms with Crippen molar-refractivity contribution in [3.8, 4) is 0 Å². The Morgan fingerprint density at radius 1 is 0.941 bits per heavy atom. The highest BCUT2D eigenvalue weighted by Gasteiger charge is 2.22. The van der Waals surface area contributed by atoms with Gasteiger partial charge in [0.25, 0.3) is 0 Å². The molecule has 3 nitrogen and oxygen atoms in total. The number of nitrogens with one attached hydrogen (secondary N) is 1. The molecule has 0 saturated heterocycles. The van der Waals surface area contributed by atoms with Crippen molar-refractivity contribution in [2.24, 2.45) is 0 Å². The van der Waals surface area contributed by atoms with E-state index in [4.69, 9.17) is 4.74 Å². The van der Waals surface area contributed by atoms with Crippen LogP contribution in [0, 0.1) is 0 Å². The number of aliphatic hydroxyl groups is 1. The standard InChI is InChI=1S/C14H27NO2/c16-14-9-5-4-8-13(14)15-10-11-17-12-6-2-1-3-7-12/h12-16H,1-11H2/t13-,14-/m0/s1. The fourth-order valence-electron chi connectivity index (χ4n) is 3.05. The summed E-state index contributed by atoms with van der Waals surface area (Å²) >= 11 is 0. The maximum Gasteiger partial charge on any atom is 0.0693 e. The van der Waals surface area contributed by atoms with E-state index in [1.807, 2.05) is 0 Å². The Labute approximate surface area is 105 Å². The highest BCUT2D eigenvalue weighted by molar-refractivity contribution is 4.80. The minimum atomic E-state index is -0.140. The molecule has 2 rings (SSSR count). The normalized spacial score (nSPS) is 31.6. The molecule has 0 aromatic rings. The third-order valence-corrected chi connectivity index (χ3v) is 4.14. The van der Waals surface area contributed by atoms with Crippen molar-refractivity contribution in [3.63, 3.8) is 0 Å². The van der Waals surface area contributed by atoms with E-state index in [0.717, 1.165) is 26.0 Å². The summed E-state index contributed by atoms with van der Waals surface area (Å²) in [7, 11) is 0. The van der Waals surface area contributed by atoms with Crippen LogP contribution in [0.15, 0.2) is 0 Å². The largest absolute Gasteiger partial charge is 0.392 e. The molecule has 0 aromatic carbocycles. The van der Waals surface area contributed by atoms with Gasteiger partial charge in [-0.1, -0.05) is 32.1 Å². The molecule has 0 amide bonds. The van der Waals surface area contributed by atoms with E-state index in [-0.39, 0.29) is 6.10 Å². The van der Waals surface area contributed by atoms with E-state index in [2.05, 4.69) is 5.32 Å². The maximum absolute atomic E-state index is 9.81. The van der Waals surface area contributed by atoms with E-state index in [9.17, 15) is 5.11 Å². The van der Waals surface area contributed by atoms with Crippen LogP contribution in [0.5, 0.6) is 0 Å². The van der Waals surface area contributed by atoms with E-state index in [1.165, 1.54) is 44.9 Å². The second kappa shape index (κ2) is 7.34. The molecule has 2 aliphatic rings. The third-order valence-electron chi connectivity index (χ3n) is 4.14. The second-order valence-corrected chi connectivity index (χ2v) is 5.54. The monoisotopic (exact) mass is 241 g/mol. The molecule has 100 valence electrons. The smallest absolute Gasteiger partial charge is 0.0693 e. The van der Waals surface area contributed by atoms with E-state index in [0.29, 0.717) is 12.1 Å². The number of ether oxygens (including phenoxy) is 1. The zero-order valence-electron chi connectivity index (χ0n) is 10.9. The van der Waals surface area contributed by atoms with Gasteiger partial charge in [-0.05, 0) is 25.7 Å². The van der Waals surface area contributed by atoms with Crippen molar-refractivity contribution in [2.45, 2.75) is 76.0 Å². The van der Waals surface area contributed by atoms with Crippen LogP contribution < -0.4 is 5.32 Å². The number of aliphatic hydroxyl groups excluding tert-OH is 1. The van der Waals surface area contributed by atoms with Gasteiger partial charge in [-0.3, -0.25) is 0 Å². The Bertz CT molecular complexity index is 204. The molecule has 0 bridgehead atoms. The molecule has 0 heterocycles. The Balaban J connectivity index is 1.53. The Kier molecular flexibility index (Phi) is 5.75. The Hall–Kier alpha value is -0.120. The predicted octanol–water partition coefficient (Wildman–Crippen LogP) is 2.23. The molecule has 0 unspecified atom stereocenters. The second-order valence-electron chi connectivity index (χ2n) is 5.54. The van der Waals surface area contributed by atoms with Gasteiger partial charge < -0.3 is 15.2 Å². The van der Waals surface area contributed by atoms with Crippen molar-refractivity contribution in [1.82, 2.24) is 5.32 Å². The van der Waals surface area contributed by atoms with Gasteiger partial charge in [0.2, 0.25) is 0 Å². The predicted molar refractivity (Wildman–Crippen MR) is 69.1 cm³/mol. The van der Waals surface area contributed by atoms with Crippen molar-refractivity contribution >= 4 is 0 Å². The van der Waals surface area contributed by atoms with Crippen LogP contribution in [0.1, 0.15) is 57.8 Å². The van der Waals surface area contributed by atoms with Crippen LogP contribution in [-0.4, -0.2) is 36.5 Å². The minimum Gasteiger partial charge on any atom is -0.392 e. The van der Waals surface area contributed by atoms with Crippen LogP contribution in [0.4, 0.5) is 0 Å². The molecule has 0 aliphatic heterocycles. The average Bonchev–Trinajstić information content (AvgIpc) is 2.38. The topological polar surface area (TPSA) is 41.5 Å². The van der Waals surface area contributed by atoms with Gasteiger partial charge >= 0.3 is 0 Å². The van der Waals surface area contributed by atoms with Gasteiger partial charge in [0.1, 0.15) is 0 Å². The zero-order chi connectivity index (χ0) is 11.9.